The summed E-state index contributed by atoms with van der Waals surface area (Å²) in [6.45, 7) is 5.44. The molecule has 2 heterocycles. The molecular weight excluding hydrogens is 522 g/mol. The topological polar surface area (TPSA) is 114 Å². The van der Waals surface area contributed by atoms with Gasteiger partial charge in [0.25, 0.3) is 11.8 Å². The number of hydrogen-bond acceptors (Lipinski definition) is 8. The Morgan fingerprint density at radius 3 is 2.63 bits per heavy atom. The Morgan fingerprint density at radius 1 is 1.15 bits per heavy atom. The fraction of sp³-hybridized carbons (Fsp3) is 0.290. The van der Waals surface area contributed by atoms with Gasteiger partial charge in [-0.25, -0.2) is 0 Å². The van der Waals surface area contributed by atoms with Gasteiger partial charge in [0.15, 0.2) is 0 Å². The minimum absolute atomic E-state index is 0.271. The zero-order chi connectivity index (χ0) is 29.0. The summed E-state index contributed by atoms with van der Waals surface area (Å²) in [5, 5.41) is 6.26. The molecule has 0 saturated carbocycles. The lowest BCUT2D eigenvalue weighted by atomic mass is 10.1. The minimum atomic E-state index is -0.447. The number of carbonyl (C=O) groups is 2. The van der Waals surface area contributed by atoms with Crippen LogP contribution in [0.5, 0.6) is 17.2 Å². The number of allylic oxidation sites excluding steroid dienone is 1. The number of amidine groups is 1. The lowest BCUT2D eigenvalue weighted by molar-refractivity contribution is -0.111. The van der Waals surface area contributed by atoms with E-state index in [2.05, 4.69) is 37.4 Å². The summed E-state index contributed by atoms with van der Waals surface area (Å²) in [5.41, 5.74) is 1.53. The van der Waals surface area contributed by atoms with Crippen molar-refractivity contribution >= 4 is 34.2 Å². The van der Waals surface area contributed by atoms with Crippen molar-refractivity contribution in [3.63, 3.8) is 0 Å². The van der Waals surface area contributed by atoms with Crippen LogP contribution in [-0.4, -0.2) is 74.5 Å². The quantitative estimate of drug-likeness (QED) is 0.245. The third-order valence-electron chi connectivity index (χ3n) is 6.22. The standard InChI is InChI=1S/C31H33N5O5/c1-4-5-7-29(32-2)35-31(38)22-9-11-23(12-10-22)41-27-13-14-33-25-21-28(39-3)26(20-24(25)27)34-30(37)8-6-15-36-16-18-40-19-17-36/h5,7,9-14,20-21H,4,15-19H2,1-3H3,(H,34,37)(H,32,35,38)/b7-5-. The zero-order valence-corrected chi connectivity index (χ0v) is 23.4. The summed E-state index contributed by atoms with van der Waals surface area (Å²) in [5.74, 6) is 6.83. The minimum Gasteiger partial charge on any atom is -0.494 e. The number of hydrogen-bond donors (Lipinski definition) is 2. The van der Waals surface area contributed by atoms with Crippen LogP contribution in [0.1, 0.15) is 23.7 Å². The molecule has 1 saturated heterocycles. The van der Waals surface area contributed by atoms with Gasteiger partial charge in [0, 0.05) is 43.4 Å². The highest BCUT2D eigenvalue weighted by Crippen LogP contribution is 2.35. The molecule has 0 spiro atoms. The summed E-state index contributed by atoms with van der Waals surface area (Å²) >= 11 is 0. The number of nitrogens with one attached hydrogen (secondary N) is 2. The predicted molar refractivity (Wildman–Crippen MR) is 159 cm³/mol. The summed E-state index contributed by atoms with van der Waals surface area (Å²) in [7, 11) is 3.15. The maximum atomic E-state index is 12.6. The van der Waals surface area contributed by atoms with Crippen LogP contribution < -0.4 is 20.1 Å². The van der Waals surface area contributed by atoms with Crippen molar-refractivity contribution in [2.45, 2.75) is 13.3 Å². The van der Waals surface area contributed by atoms with E-state index < -0.39 is 5.91 Å². The summed E-state index contributed by atoms with van der Waals surface area (Å²) in [6.07, 6.45) is 6.16. The number of morpholine rings is 1. The van der Waals surface area contributed by atoms with E-state index in [1.807, 2.05) is 13.0 Å². The monoisotopic (exact) mass is 555 g/mol. The molecule has 0 bridgehead atoms. The second kappa shape index (κ2) is 14.6. The van der Waals surface area contributed by atoms with Crippen LogP contribution in [-0.2, 0) is 9.53 Å². The van der Waals surface area contributed by atoms with Crippen molar-refractivity contribution in [3.8, 4) is 29.1 Å². The number of fused-ring (bicyclic) bond motifs is 1. The predicted octanol–water partition coefficient (Wildman–Crippen LogP) is 4.03. The molecule has 0 unspecified atom stereocenters. The number of carbonyl (C=O) groups excluding carboxylic acids is 2. The molecule has 1 aliphatic rings. The summed E-state index contributed by atoms with van der Waals surface area (Å²) < 4.78 is 17.0. The molecule has 41 heavy (non-hydrogen) atoms. The van der Waals surface area contributed by atoms with E-state index >= 15 is 0 Å². The molecule has 1 fully saturated rings. The molecule has 2 aromatic carbocycles. The van der Waals surface area contributed by atoms with Crippen molar-refractivity contribution in [3.05, 3.63) is 66.4 Å². The third kappa shape index (κ3) is 8.14. The molecule has 10 nitrogen and oxygen atoms in total. The number of methoxy groups -OCH3 is 1. The van der Waals surface area contributed by atoms with E-state index in [-0.39, 0.29) is 5.91 Å². The van der Waals surface area contributed by atoms with Gasteiger partial charge in [-0.2, -0.15) is 0 Å². The Bertz CT molecular complexity index is 1500. The van der Waals surface area contributed by atoms with Gasteiger partial charge in [-0.3, -0.25) is 24.5 Å². The van der Waals surface area contributed by atoms with Gasteiger partial charge in [-0.1, -0.05) is 18.9 Å². The fourth-order valence-electron chi connectivity index (χ4n) is 4.04. The maximum Gasteiger partial charge on any atom is 0.300 e. The Labute approximate surface area is 239 Å². The van der Waals surface area contributed by atoms with Crippen molar-refractivity contribution in [1.29, 1.82) is 0 Å². The van der Waals surface area contributed by atoms with E-state index in [0.29, 0.717) is 65.0 Å². The normalized spacial score (nSPS) is 13.9. The maximum absolute atomic E-state index is 12.6. The van der Waals surface area contributed by atoms with Crippen LogP contribution in [0.3, 0.4) is 0 Å². The summed E-state index contributed by atoms with van der Waals surface area (Å²) in [4.78, 5) is 35.8. The number of amides is 2. The van der Waals surface area contributed by atoms with Crippen LogP contribution in [0.25, 0.3) is 10.9 Å². The van der Waals surface area contributed by atoms with Crippen molar-refractivity contribution < 1.29 is 23.8 Å². The Morgan fingerprint density at radius 2 is 1.93 bits per heavy atom. The van der Waals surface area contributed by atoms with Gasteiger partial charge >= 0.3 is 0 Å². The SMILES string of the molecule is CC/C=C\C(=NC)NC(=O)c1ccc(Oc2ccnc3cc(OC)c(NC(=O)C#CCN4CCOCC4)cc23)cc1. The number of aliphatic imine (C=N–C) groups is 1. The van der Waals surface area contributed by atoms with E-state index in [4.69, 9.17) is 14.2 Å². The molecule has 10 heteroatoms. The molecule has 3 aromatic rings. The van der Waals surface area contributed by atoms with E-state index in [9.17, 15) is 9.59 Å². The first-order valence-electron chi connectivity index (χ1n) is 13.3. The second-order valence-corrected chi connectivity index (χ2v) is 9.02. The lowest BCUT2D eigenvalue weighted by Crippen LogP contribution is -2.36. The Kier molecular flexibility index (Phi) is 10.4. The van der Waals surface area contributed by atoms with Gasteiger partial charge < -0.3 is 24.8 Å². The number of benzene rings is 2. The number of rotatable bonds is 8. The molecule has 1 aromatic heterocycles. The van der Waals surface area contributed by atoms with Gasteiger partial charge in [0.1, 0.15) is 23.1 Å². The van der Waals surface area contributed by atoms with E-state index in [1.165, 1.54) is 7.11 Å². The molecule has 1 aliphatic heterocycles. The highest BCUT2D eigenvalue weighted by atomic mass is 16.5. The van der Waals surface area contributed by atoms with Crippen LogP contribution in [0.4, 0.5) is 5.69 Å². The van der Waals surface area contributed by atoms with Crippen LogP contribution in [0.2, 0.25) is 0 Å². The molecule has 4 rings (SSSR count). The van der Waals surface area contributed by atoms with Gasteiger partial charge in [0.05, 0.1) is 38.1 Å². The van der Waals surface area contributed by atoms with Crippen LogP contribution in [0.15, 0.2) is 65.8 Å². The Balaban J connectivity index is 1.48. The molecule has 212 valence electrons. The van der Waals surface area contributed by atoms with Crippen molar-refractivity contribution in [1.82, 2.24) is 15.2 Å². The zero-order valence-electron chi connectivity index (χ0n) is 23.4. The highest BCUT2D eigenvalue weighted by Gasteiger charge is 2.14. The number of pyridine rings is 1. The third-order valence-corrected chi connectivity index (χ3v) is 6.22. The fourth-order valence-corrected chi connectivity index (χ4v) is 4.04. The number of anilines is 1. The van der Waals surface area contributed by atoms with Gasteiger partial charge in [-0.15, -0.1) is 0 Å². The second-order valence-electron chi connectivity index (χ2n) is 9.02. The molecule has 0 radical (unpaired) electrons. The molecule has 2 N–H and O–H groups in total. The largest absolute Gasteiger partial charge is 0.494 e. The van der Waals surface area contributed by atoms with Gasteiger partial charge in [-0.05, 0) is 54.8 Å². The van der Waals surface area contributed by atoms with Gasteiger partial charge in [0.2, 0.25) is 0 Å². The lowest BCUT2D eigenvalue weighted by Gasteiger charge is -2.24. The first-order valence-corrected chi connectivity index (χ1v) is 13.3. The van der Waals surface area contributed by atoms with E-state index in [1.54, 1.807) is 61.8 Å². The van der Waals surface area contributed by atoms with Crippen molar-refractivity contribution in [2.75, 3.05) is 52.3 Å². The molecule has 2 amide bonds. The molecular formula is C31H33N5O5. The Hall–Kier alpha value is -4.72. The summed E-state index contributed by atoms with van der Waals surface area (Å²) in [6, 6.07) is 12.0. The molecule has 0 atom stereocenters. The smallest absolute Gasteiger partial charge is 0.300 e. The average Bonchev–Trinajstić information content (AvgIpc) is 3.00. The van der Waals surface area contributed by atoms with Crippen LogP contribution in [0, 0.1) is 11.8 Å². The highest BCUT2D eigenvalue weighted by molar-refractivity contribution is 6.10. The van der Waals surface area contributed by atoms with E-state index in [0.717, 1.165) is 19.5 Å². The number of aromatic nitrogens is 1. The average molecular weight is 556 g/mol. The first kappa shape index (κ1) is 29.3. The first-order chi connectivity index (χ1) is 20.0. The number of nitrogens with zero attached hydrogens (tertiary/aromatic N) is 3. The molecule has 0 aliphatic carbocycles. The van der Waals surface area contributed by atoms with Crippen molar-refractivity contribution in [2.24, 2.45) is 4.99 Å². The van der Waals surface area contributed by atoms with Crippen LogP contribution >= 0.6 is 0 Å². The number of ether oxygens (including phenoxy) is 3.